The maximum absolute atomic E-state index is 10.7. The Bertz CT molecular complexity index is 1320. The molecule has 0 fully saturated rings. The molecule has 7 N–H and O–H groups in total. The number of nitrogens with two attached hydrogens (primary N) is 2. The molecule has 11 nitrogen and oxygen atoms in total. The summed E-state index contributed by atoms with van der Waals surface area (Å²) in [6.45, 7) is 0. The van der Waals surface area contributed by atoms with E-state index in [0.29, 0.717) is 17.0 Å². The minimum atomic E-state index is -0.867. The van der Waals surface area contributed by atoms with Crippen molar-refractivity contribution in [3.8, 4) is 35.0 Å². The molecule has 0 amide bonds. The summed E-state index contributed by atoms with van der Waals surface area (Å²) in [6.07, 6.45) is 3.43. The highest BCUT2D eigenvalue weighted by Crippen LogP contribution is 2.43. The molecule has 158 valence electrons. The molecule has 3 aromatic rings. The second kappa shape index (κ2) is 8.01. The molecule has 3 heterocycles. The molecule has 1 unspecified atom stereocenters. The molecule has 32 heavy (non-hydrogen) atoms. The van der Waals surface area contributed by atoms with E-state index < -0.39 is 6.04 Å². The van der Waals surface area contributed by atoms with Gasteiger partial charge in [-0.25, -0.2) is 15.0 Å². The number of hydrogen-bond donors (Lipinski definition) is 5. The number of nitriles is 2. The van der Waals surface area contributed by atoms with Gasteiger partial charge in [0.1, 0.15) is 35.1 Å². The van der Waals surface area contributed by atoms with Gasteiger partial charge in [-0.05, 0) is 23.8 Å². The summed E-state index contributed by atoms with van der Waals surface area (Å²) >= 11 is 0. The third kappa shape index (κ3) is 3.40. The van der Waals surface area contributed by atoms with Gasteiger partial charge in [0.2, 0.25) is 11.8 Å². The van der Waals surface area contributed by atoms with Crippen molar-refractivity contribution in [3.05, 3.63) is 53.2 Å². The first kappa shape index (κ1) is 20.3. The van der Waals surface area contributed by atoms with Gasteiger partial charge in [0.25, 0.3) is 0 Å². The summed E-state index contributed by atoms with van der Waals surface area (Å²) < 4.78 is 5.10. The average Bonchev–Trinajstić information content (AvgIpc) is 2.79. The Balaban J connectivity index is 1.90. The van der Waals surface area contributed by atoms with Gasteiger partial charge in [0.05, 0.1) is 12.8 Å². The zero-order valence-corrected chi connectivity index (χ0v) is 16.8. The maximum Gasteiger partial charge on any atom is 0.212 e. The van der Waals surface area contributed by atoms with Crippen molar-refractivity contribution in [1.29, 1.82) is 10.5 Å². The number of nitrogens with zero attached hydrogens (tertiary/aromatic N) is 5. The molecule has 0 aliphatic carbocycles. The van der Waals surface area contributed by atoms with Crippen LogP contribution in [0.15, 0.2) is 41.5 Å². The van der Waals surface area contributed by atoms with Crippen LogP contribution in [-0.2, 0) is 0 Å². The Hall–Kier alpha value is -5.03. The molecule has 11 heteroatoms. The first-order valence-corrected chi connectivity index (χ1v) is 9.29. The van der Waals surface area contributed by atoms with Gasteiger partial charge in [0, 0.05) is 29.0 Å². The first-order chi connectivity index (χ1) is 15.5. The van der Waals surface area contributed by atoms with Gasteiger partial charge in [-0.3, -0.25) is 5.32 Å². The van der Waals surface area contributed by atoms with Crippen LogP contribution in [-0.4, -0.2) is 28.1 Å². The fraction of sp³-hybridized carbons (Fsp3) is 0.0952. The summed E-state index contributed by atoms with van der Waals surface area (Å²) in [5.41, 5.74) is 14.5. The number of rotatable bonds is 3. The van der Waals surface area contributed by atoms with Crippen LogP contribution in [0.2, 0.25) is 0 Å². The van der Waals surface area contributed by atoms with E-state index in [1.54, 1.807) is 30.6 Å². The first-order valence-electron chi connectivity index (χ1n) is 9.29. The summed E-state index contributed by atoms with van der Waals surface area (Å²) in [7, 11) is 1.53. The van der Waals surface area contributed by atoms with Crippen molar-refractivity contribution in [2.45, 2.75) is 6.04 Å². The minimum Gasteiger partial charge on any atom is -0.508 e. The third-order valence-electron chi connectivity index (χ3n) is 4.96. The highest BCUT2D eigenvalue weighted by Gasteiger charge is 2.31. The summed E-state index contributed by atoms with van der Waals surface area (Å²) in [4.78, 5) is 12.9. The number of aromatic hydroxyl groups is 1. The molecule has 0 spiro atoms. The van der Waals surface area contributed by atoms with Crippen LogP contribution in [0, 0.1) is 22.8 Å². The molecule has 1 aliphatic rings. The zero-order chi connectivity index (χ0) is 22.8. The molecule has 1 aromatic carbocycles. The second-order valence-corrected chi connectivity index (χ2v) is 6.76. The quantitative estimate of drug-likeness (QED) is 0.304. The lowest BCUT2D eigenvalue weighted by Gasteiger charge is -2.26. The number of aromatic nitrogens is 2. The van der Waals surface area contributed by atoms with Crippen molar-refractivity contribution >= 4 is 23.3 Å². The van der Waals surface area contributed by atoms with Gasteiger partial charge in [0.15, 0.2) is 6.19 Å². The summed E-state index contributed by atoms with van der Waals surface area (Å²) in [6, 6.07) is 9.61. The van der Waals surface area contributed by atoms with Gasteiger partial charge >= 0.3 is 0 Å². The lowest BCUT2D eigenvalue weighted by atomic mass is 9.92. The zero-order valence-electron chi connectivity index (χ0n) is 16.8. The number of fused-ring (bicyclic) bond motifs is 1. The topological polar surface area (TPSA) is 191 Å². The van der Waals surface area contributed by atoms with E-state index in [9.17, 15) is 10.4 Å². The largest absolute Gasteiger partial charge is 0.508 e. The Labute approximate surface area is 182 Å². The number of ether oxygens (including phenoxy) is 1. The number of pyridine rings is 2. The van der Waals surface area contributed by atoms with Gasteiger partial charge in [-0.15, -0.1) is 0 Å². The van der Waals surface area contributed by atoms with Gasteiger partial charge in [-0.1, -0.05) is 6.07 Å². The van der Waals surface area contributed by atoms with Crippen LogP contribution in [0.25, 0.3) is 11.1 Å². The monoisotopic (exact) mass is 427 g/mol. The molecule has 1 atom stereocenters. The average molecular weight is 427 g/mol. The summed E-state index contributed by atoms with van der Waals surface area (Å²) in [5, 5.41) is 34.4. The number of benzene rings is 1. The van der Waals surface area contributed by atoms with Crippen molar-refractivity contribution in [2.24, 2.45) is 4.99 Å². The third-order valence-corrected chi connectivity index (χ3v) is 4.96. The Morgan fingerprint density at radius 2 is 1.97 bits per heavy atom. The number of hydrogen-bond acceptors (Lipinski definition) is 11. The smallest absolute Gasteiger partial charge is 0.212 e. The fourth-order valence-corrected chi connectivity index (χ4v) is 3.43. The van der Waals surface area contributed by atoms with Crippen LogP contribution >= 0.6 is 0 Å². The Kier molecular flexibility index (Phi) is 5.07. The SMILES string of the molecule is COc1ccc(-c2ccc(O)c(C3N=C(NC#N)Nc4nc(N)c(C#N)c(N)c43)c2)cn1. The molecule has 0 bridgehead atoms. The maximum atomic E-state index is 10.7. The molecule has 0 radical (unpaired) electrons. The van der Waals surface area contributed by atoms with Crippen LogP contribution in [0.3, 0.4) is 0 Å². The van der Waals surface area contributed by atoms with Crippen molar-refractivity contribution in [3.63, 3.8) is 0 Å². The van der Waals surface area contributed by atoms with Crippen LogP contribution in [0.5, 0.6) is 11.6 Å². The van der Waals surface area contributed by atoms with Crippen molar-refractivity contribution in [1.82, 2.24) is 15.3 Å². The number of phenols is 1. The van der Waals surface area contributed by atoms with E-state index in [2.05, 4.69) is 25.6 Å². The number of phenolic OH excluding ortho intramolecular Hbond substituents is 1. The number of guanidine groups is 1. The molecule has 2 aromatic heterocycles. The lowest BCUT2D eigenvalue weighted by molar-refractivity contribution is 0.398. The number of anilines is 3. The molecule has 1 aliphatic heterocycles. The van der Waals surface area contributed by atoms with Crippen LogP contribution < -0.4 is 26.8 Å². The predicted molar refractivity (Wildman–Crippen MR) is 117 cm³/mol. The van der Waals surface area contributed by atoms with Gasteiger partial charge in [-0.2, -0.15) is 10.5 Å². The highest BCUT2D eigenvalue weighted by molar-refractivity contribution is 5.98. The Morgan fingerprint density at radius 3 is 2.62 bits per heavy atom. The number of nitrogens with one attached hydrogen (secondary N) is 2. The van der Waals surface area contributed by atoms with E-state index in [0.717, 1.165) is 11.1 Å². The standard InChI is InChI=1S/C21H17N9O2/c1-32-15-5-3-11(8-26-15)10-2-4-14(31)12(6-10)18-16-17(24)13(7-22)19(25)29-20(16)30-21(28-18)27-9-23/h2-6,8,18,31H,1H3,(H6,24,25,27,28,29,30). The van der Waals surface area contributed by atoms with E-state index in [-0.39, 0.29) is 34.6 Å². The molecule has 0 saturated heterocycles. The number of methoxy groups -OCH3 is 1. The minimum absolute atomic E-state index is 0.0115. The highest BCUT2D eigenvalue weighted by atomic mass is 16.5. The fourth-order valence-electron chi connectivity index (χ4n) is 3.43. The van der Waals surface area contributed by atoms with Crippen molar-refractivity contribution in [2.75, 3.05) is 23.9 Å². The number of aliphatic imine (C=N–C) groups is 1. The molecule has 4 rings (SSSR count). The predicted octanol–water partition coefficient (Wildman–Crippen LogP) is 1.84. The molecular formula is C21H17N9O2. The van der Waals surface area contributed by atoms with Crippen LogP contribution in [0.1, 0.15) is 22.7 Å². The van der Waals surface area contributed by atoms with E-state index in [4.69, 9.17) is 21.5 Å². The van der Waals surface area contributed by atoms with E-state index in [1.807, 2.05) is 12.1 Å². The summed E-state index contributed by atoms with van der Waals surface area (Å²) in [5.74, 6) is 0.681. The van der Waals surface area contributed by atoms with Crippen molar-refractivity contribution < 1.29 is 9.84 Å². The molecule has 0 saturated carbocycles. The lowest BCUT2D eigenvalue weighted by Crippen LogP contribution is -2.32. The number of nitrogen functional groups attached to an aromatic ring is 2. The normalized spacial score (nSPS) is 14.2. The van der Waals surface area contributed by atoms with Crippen LogP contribution in [0.4, 0.5) is 17.3 Å². The second-order valence-electron chi connectivity index (χ2n) is 6.76. The van der Waals surface area contributed by atoms with Gasteiger partial charge < -0.3 is 26.6 Å². The Morgan fingerprint density at radius 1 is 1.19 bits per heavy atom. The van der Waals surface area contributed by atoms with E-state index in [1.165, 1.54) is 13.2 Å². The molecular weight excluding hydrogens is 410 g/mol. The van der Waals surface area contributed by atoms with E-state index >= 15 is 0 Å².